The fraction of sp³-hybridized carbons (Fsp3) is 0.600. The fourth-order valence-corrected chi connectivity index (χ4v) is 1.87. The largest absolute Gasteiger partial charge is 0.382 e. The average molecular weight is 235 g/mol. The van der Waals surface area contributed by atoms with Crippen molar-refractivity contribution >= 4 is 5.69 Å². The van der Waals surface area contributed by atoms with Crippen LogP contribution in [0.2, 0.25) is 0 Å². The molecule has 2 rings (SSSR count). The Labute approximate surface area is 105 Å². The molecule has 2 heteroatoms. The minimum Gasteiger partial charge on any atom is -0.382 e. The minimum absolute atomic E-state index is 0.403. The number of ether oxygens (including phenoxy) is 1. The zero-order valence-corrected chi connectivity index (χ0v) is 11.3. The van der Waals surface area contributed by atoms with Crippen molar-refractivity contribution in [1.82, 2.24) is 0 Å². The second-order valence-electron chi connectivity index (χ2n) is 4.24. The Kier molecular flexibility index (Phi) is 6.71. The van der Waals surface area contributed by atoms with E-state index in [2.05, 4.69) is 36.5 Å². The normalized spacial score (nSPS) is 19.1. The number of hydrogen-bond acceptors (Lipinski definition) is 2. The van der Waals surface area contributed by atoms with Gasteiger partial charge in [-0.1, -0.05) is 31.5 Å². The van der Waals surface area contributed by atoms with E-state index in [1.807, 2.05) is 13.8 Å². The zero-order chi connectivity index (χ0) is 12.5. The molecule has 1 heterocycles. The molecule has 0 radical (unpaired) electrons. The van der Waals surface area contributed by atoms with Gasteiger partial charge < -0.3 is 10.1 Å². The molecule has 1 aromatic rings. The molecule has 0 amide bonds. The third kappa shape index (κ3) is 5.22. The molecule has 2 nitrogen and oxygen atoms in total. The number of hydrogen-bond donors (Lipinski definition) is 1. The first kappa shape index (κ1) is 14.0. The van der Waals surface area contributed by atoms with Gasteiger partial charge in [-0.2, -0.15) is 0 Å². The summed E-state index contributed by atoms with van der Waals surface area (Å²) in [6, 6.07) is 8.50. The molecule has 1 aliphatic heterocycles. The summed E-state index contributed by atoms with van der Waals surface area (Å²) >= 11 is 0. The van der Waals surface area contributed by atoms with Crippen molar-refractivity contribution in [1.29, 1.82) is 0 Å². The standard InChI is InChI=1S/C13H19NO.C2H6/c1-11-5-7-12(8-6-11)14-10-13-4-2-3-9-15-13;1-2/h5-8,13-14H,2-4,9-10H2,1H3;1-2H3. The van der Waals surface area contributed by atoms with Crippen LogP contribution in [0.25, 0.3) is 0 Å². The summed E-state index contributed by atoms with van der Waals surface area (Å²) in [5, 5.41) is 3.42. The lowest BCUT2D eigenvalue weighted by atomic mass is 10.1. The lowest BCUT2D eigenvalue weighted by Crippen LogP contribution is -2.26. The Morgan fingerprint density at radius 1 is 1.18 bits per heavy atom. The van der Waals surface area contributed by atoms with Crippen molar-refractivity contribution < 1.29 is 4.74 Å². The summed E-state index contributed by atoms with van der Waals surface area (Å²) in [7, 11) is 0. The molecular weight excluding hydrogens is 210 g/mol. The van der Waals surface area contributed by atoms with Crippen LogP contribution in [0.5, 0.6) is 0 Å². The van der Waals surface area contributed by atoms with Gasteiger partial charge in [-0.3, -0.25) is 0 Å². The van der Waals surface area contributed by atoms with Gasteiger partial charge in [0, 0.05) is 18.8 Å². The van der Waals surface area contributed by atoms with Crippen LogP contribution in [-0.4, -0.2) is 19.3 Å². The third-order valence-corrected chi connectivity index (χ3v) is 2.86. The number of anilines is 1. The predicted octanol–water partition coefficient (Wildman–Crippen LogP) is 4.00. The van der Waals surface area contributed by atoms with Crippen LogP contribution >= 0.6 is 0 Å². The van der Waals surface area contributed by atoms with Crippen LogP contribution in [0.4, 0.5) is 5.69 Å². The van der Waals surface area contributed by atoms with Crippen molar-refractivity contribution in [3.8, 4) is 0 Å². The van der Waals surface area contributed by atoms with Crippen LogP contribution in [-0.2, 0) is 4.74 Å². The van der Waals surface area contributed by atoms with Crippen LogP contribution < -0.4 is 5.32 Å². The lowest BCUT2D eigenvalue weighted by molar-refractivity contribution is 0.0247. The molecule has 0 aliphatic carbocycles. The molecule has 1 unspecified atom stereocenters. The third-order valence-electron chi connectivity index (χ3n) is 2.86. The number of benzene rings is 1. The molecule has 1 saturated heterocycles. The van der Waals surface area contributed by atoms with E-state index in [1.165, 1.54) is 30.5 Å². The van der Waals surface area contributed by atoms with E-state index >= 15 is 0 Å². The highest BCUT2D eigenvalue weighted by Gasteiger charge is 2.12. The molecule has 17 heavy (non-hydrogen) atoms. The van der Waals surface area contributed by atoms with E-state index in [1.54, 1.807) is 0 Å². The van der Waals surface area contributed by atoms with Crippen LogP contribution in [0, 0.1) is 6.92 Å². The summed E-state index contributed by atoms with van der Waals surface area (Å²) in [4.78, 5) is 0. The molecule has 1 fully saturated rings. The summed E-state index contributed by atoms with van der Waals surface area (Å²) in [5.41, 5.74) is 2.49. The minimum atomic E-state index is 0.403. The van der Waals surface area contributed by atoms with Gasteiger partial charge in [0.2, 0.25) is 0 Å². The number of rotatable bonds is 3. The molecular formula is C15H25NO. The first-order valence-electron chi connectivity index (χ1n) is 6.77. The predicted molar refractivity (Wildman–Crippen MR) is 74.6 cm³/mol. The molecule has 0 bridgehead atoms. The Balaban J connectivity index is 0.000000686. The van der Waals surface area contributed by atoms with E-state index in [4.69, 9.17) is 4.74 Å². The first-order chi connectivity index (χ1) is 8.34. The van der Waals surface area contributed by atoms with Crippen molar-refractivity contribution in [3.63, 3.8) is 0 Å². The van der Waals surface area contributed by atoms with E-state index in [9.17, 15) is 0 Å². The molecule has 0 saturated carbocycles. The fourth-order valence-electron chi connectivity index (χ4n) is 1.87. The second kappa shape index (κ2) is 8.13. The summed E-state index contributed by atoms with van der Waals surface area (Å²) < 4.78 is 5.66. The second-order valence-corrected chi connectivity index (χ2v) is 4.24. The van der Waals surface area contributed by atoms with Crippen LogP contribution in [0.3, 0.4) is 0 Å². The van der Waals surface area contributed by atoms with E-state index in [-0.39, 0.29) is 0 Å². The SMILES string of the molecule is CC.Cc1ccc(NCC2CCCCO2)cc1. The van der Waals surface area contributed by atoms with Crippen molar-refractivity contribution in [2.75, 3.05) is 18.5 Å². The monoisotopic (exact) mass is 235 g/mol. The molecule has 1 atom stereocenters. The lowest BCUT2D eigenvalue weighted by Gasteiger charge is -2.23. The smallest absolute Gasteiger partial charge is 0.0747 e. The maximum atomic E-state index is 5.66. The Hall–Kier alpha value is -1.02. The molecule has 1 N–H and O–H groups in total. The topological polar surface area (TPSA) is 21.3 Å². The summed E-state index contributed by atoms with van der Waals surface area (Å²) in [6.07, 6.45) is 4.13. The molecule has 1 aliphatic rings. The Morgan fingerprint density at radius 2 is 1.88 bits per heavy atom. The summed E-state index contributed by atoms with van der Waals surface area (Å²) in [6.45, 7) is 7.97. The van der Waals surface area contributed by atoms with Gasteiger partial charge in [0.15, 0.2) is 0 Å². The van der Waals surface area contributed by atoms with E-state index in [0.717, 1.165) is 13.2 Å². The van der Waals surface area contributed by atoms with Gasteiger partial charge in [-0.25, -0.2) is 0 Å². The summed E-state index contributed by atoms with van der Waals surface area (Å²) in [5.74, 6) is 0. The van der Waals surface area contributed by atoms with Gasteiger partial charge >= 0.3 is 0 Å². The van der Waals surface area contributed by atoms with Gasteiger partial charge in [0.1, 0.15) is 0 Å². The highest BCUT2D eigenvalue weighted by molar-refractivity contribution is 5.44. The quantitative estimate of drug-likeness (QED) is 0.855. The maximum absolute atomic E-state index is 5.66. The van der Waals surface area contributed by atoms with Gasteiger partial charge in [-0.15, -0.1) is 0 Å². The zero-order valence-electron chi connectivity index (χ0n) is 11.3. The highest BCUT2D eigenvalue weighted by atomic mass is 16.5. The van der Waals surface area contributed by atoms with E-state index < -0.39 is 0 Å². The van der Waals surface area contributed by atoms with Crippen molar-refractivity contribution in [2.45, 2.75) is 46.1 Å². The average Bonchev–Trinajstić information content (AvgIpc) is 2.42. The first-order valence-corrected chi connectivity index (χ1v) is 6.77. The molecule has 0 spiro atoms. The Morgan fingerprint density at radius 3 is 2.47 bits per heavy atom. The van der Waals surface area contributed by atoms with Crippen molar-refractivity contribution in [2.24, 2.45) is 0 Å². The number of nitrogens with one attached hydrogen (secondary N) is 1. The Bertz CT molecular complexity index is 288. The molecule has 0 aromatic heterocycles. The number of aryl methyl sites for hydroxylation is 1. The van der Waals surface area contributed by atoms with Gasteiger partial charge in [-0.05, 0) is 38.3 Å². The van der Waals surface area contributed by atoms with Crippen LogP contribution in [0.15, 0.2) is 24.3 Å². The van der Waals surface area contributed by atoms with Crippen LogP contribution in [0.1, 0.15) is 38.7 Å². The highest BCUT2D eigenvalue weighted by Crippen LogP contribution is 2.14. The van der Waals surface area contributed by atoms with E-state index in [0.29, 0.717) is 6.10 Å². The molecule has 1 aromatic carbocycles. The maximum Gasteiger partial charge on any atom is 0.0747 e. The van der Waals surface area contributed by atoms with Gasteiger partial charge in [0.25, 0.3) is 0 Å². The molecule has 96 valence electrons. The van der Waals surface area contributed by atoms with Crippen molar-refractivity contribution in [3.05, 3.63) is 29.8 Å². The van der Waals surface area contributed by atoms with Gasteiger partial charge in [0.05, 0.1) is 6.10 Å².